The lowest BCUT2D eigenvalue weighted by molar-refractivity contribution is -0.161. The average Bonchev–Trinajstić information content (AvgIpc) is 2.86. The van der Waals surface area contributed by atoms with Crippen molar-refractivity contribution in [3.05, 3.63) is 24.3 Å². The third-order valence-corrected chi connectivity index (χ3v) is 5.95. The SMILES string of the molecule is CCC/C=C\CCCCCCCC(=O)OCC(CO)OC(=O)CCCCCCC/C=C\CCCC. The molecule has 204 valence electrons. The number of hydrogen-bond donors (Lipinski definition) is 1. The highest BCUT2D eigenvalue weighted by Crippen LogP contribution is 2.11. The molecule has 0 radical (unpaired) electrons. The predicted octanol–water partition coefficient (Wildman–Crippen LogP) is 8.00. The Morgan fingerprint density at radius 3 is 1.66 bits per heavy atom. The zero-order chi connectivity index (χ0) is 25.8. The summed E-state index contributed by atoms with van der Waals surface area (Å²) in [4.78, 5) is 23.9. The van der Waals surface area contributed by atoms with E-state index in [1.165, 1.54) is 51.4 Å². The molecular formula is C30H54O5. The number of carbonyl (C=O) groups is 2. The second kappa shape index (κ2) is 27.0. The Kier molecular flexibility index (Phi) is 25.7. The first-order chi connectivity index (χ1) is 17.1. The second-order valence-corrected chi connectivity index (χ2v) is 9.46. The van der Waals surface area contributed by atoms with Crippen LogP contribution in [-0.2, 0) is 19.1 Å². The molecule has 0 rings (SSSR count). The minimum atomic E-state index is -0.772. The van der Waals surface area contributed by atoms with Gasteiger partial charge in [-0.3, -0.25) is 9.59 Å². The highest BCUT2D eigenvalue weighted by molar-refractivity contribution is 5.70. The molecule has 0 aliphatic carbocycles. The van der Waals surface area contributed by atoms with Gasteiger partial charge < -0.3 is 14.6 Å². The molecule has 1 unspecified atom stereocenters. The number of ether oxygens (including phenoxy) is 2. The van der Waals surface area contributed by atoms with Crippen molar-refractivity contribution in [2.24, 2.45) is 0 Å². The molecule has 0 fully saturated rings. The molecule has 1 atom stereocenters. The van der Waals surface area contributed by atoms with Crippen molar-refractivity contribution in [1.29, 1.82) is 0 Å². The summed E-state index contributed by atoms with van der Waals surface area (Å²) in [5.74, 6) is -0.620. The molecule has 0 heterocycles. The predicted molar refractivity (Wildman–Crippen MR) is 145 cm³/mol. The summed E-state index contributed by atoms with van der Waals surface area (Å²) in [7, 11) is 0. The molecule has 0 aliphatic heterocycles. The van der Waals surface area contributed by atoms with Crippen LogP contribution in [0.3, 0.4) is 0 Å². The third kappa shape index (κ3) is 25.3. The standard InChI is InChI=1S/C30H54O5/c1-3-5-7-9-11-13-15-17-19-21-23-25-30(33)35-28(26-31)27-34-29(32)24-22-20-18-16-14-12-10-8-6-4-2/h8-11,28,31H,3-7,12-27H2,1-2H3/b10-8-,11-9-. The number of aliphatic hydroxyl groups is 1. The average molecular weight is 495 g/mol. The van der Waals surface area contributed by atoms with Crippen molar-refractivity contribution in [3.8, 4) is 0 Å². The van der Waals surface area contributed by atoms with Crippen molar-refractivity contribution < 1.29 is 24.2 Å². The van der Waals surface area contributed by atoms with E-state index in [2.05, 4.69) is 38.2 Å². The van der Waals surface area contributed by atoms with Gasteiger partial charge in [-0.25, -0.2) is 0 Å². The number of unbranched alkanes of at least 4 members (excludes halogenated alkanes) is 13. The molecule has 0 amide bonds. The van der Waals surface area contributed by atoms with Gasteiger partial charge >= 0.3 is 11.9 Å². The van der Waals surface area contributed by atoms with Crippen LogP contribution >= 0.6 is 0 Å². The Bertz CT molecular complexity index is 541. The fourth-order valence-electron chi connectivity index (χ4n) is 3.71. The molecule has 0 aromatic carbocycles. The molecule has 5 heteroatoms. The Balaban J connectivity index is 3.65. The quantitative estimate of drug-likeness (QED) is 0.0790. The van der Waals surface area contributed by atoms with Gasteiger partial charge in [-0.15, -0.1) is 0 Å². The summed E-state index contributed by atoms with van der Waals surface area (Å²) < 4.78 is 10.5. The van der Waals surface area contributed by atoms with E-state index >= 15 is 0 Å². The van der Waals surface area contributed by atoms with Crippen LogP contribution in [0.4, 0.5) is 0 Å². The summed E-state index contributed by atoms with van der Waals surface area (Å²) in [6, 6.07) is 0. The van der Waals surface area contributed by atoms with E-state index in [4.69, 9.17) is 9.47 Å². The molecule has 0 spiro atoms. The van der Waals surface area contributed by atoms with E-state index in [-0.39, 0.29) is 25.2 Å². The van der Waals surface area contributed by atoms with Crippen LogP contribution in [0.2, 0.25) is 0 Å². The molecule has 0 aliphatic rings. The first-order valence-electron chi connectivity index (χ1n) is 14.4. The lowest BCUT2D eigenvalue weighted by Crippen LogP contribution is -2.28. The summed E-state index contributed by atoms with van der Waals surface area (Å²) in [6.45, 7) is 3.99. The lowest BCUT2D eigenvalue weighted by atomic mass is 10.1. The number of aliphatic hydroxyl groups excluding tert-OH is 1. The van der Waals surface area contributed by atoms with Crippen LogP contribution in [0.15, 0.2) is 24.3 Å². The van der Waals surface area contributed by atoms with Gasteiger partial charge in [-0.05, 0) is 51.4 Å². The van der Waals surface area contributed by atoms with Crippen molar-refractivity contribution in [2.75, 3.05) is 13.2 Å². The van der Waals surface area contributed by atoms with Crippen LogP contribution in [0.25, 0.3) is 0 Å². The van der Waals surface area contributed by atoms with Gasteiger partial charge in [0.2, 0.25) is 0 Å². The summed E-state index contributed by atoms with van der Waals surface area (Å²) in [5, 5.41) is 9.43. The van der Waals surface area contributed by atoms with Gasteiger partial charge in [0.1, 0.15) is 6.61 Å². The first kappa shape index (κ1) is 33.4. The maximum absolute atomic E-state index is 12.0. The van der Waals surface area contributed by atoms with Crippen LogP contribution in [0.5, 0.6) is 0 Å². The van der Waals surface area contributed by atoms with Crippen LogP contribution in [0, 0.1) is 0 Å². The maximum Gasteiger partial charge on any atom is 0.306 e. The lowest BCUT2D eigenvalue weighted by Gasteiger charge is -2.15. The molecule has 5 nitrogen and oxygen atoms in total. The number of rotatable bonds is 25. The smallest absolute Gasteiger partial charge is 0.306 e. The first-order valence-corrected chi connectivity index (χ1v) is 14.4. The zero-order valence-corrected chi connectivity index (χ0v) is 22.8. The van der Waals surface area contributed by atoms with Crippen molar-refractivity contribution in [3.63, 3.8) is 0 Å². The van der Waals surface area contributed by atoms with Gasteiger partial charge in [0, 0.05) is 12.8 Å². The zero-order valence-electron chi connectivity index (χ0n) is 22.8. The topological polar surface area (TPSA) is 72.8 Å². The number of hydrogen-bond acceptors (Lipinski definition) is 5. The molecule has 0 bridgehead atoms. The second-order valence-electron chi connectivity index (χ2n) is 9.46. The van der Waals surface area contributed by atoms with Crippen LogP contribution in [-0.4, -0.2) is 36.4 Å². The largest absolute Gasteiger partial charge is 0.462 e. The normalized spacial score (nSPS) is 12.4. The highest BCUT2D eigenvalue weighted by atomic mass is 16.6. The Labute approximate surface area is 215 Å². The van der Waals surface area contributed by atoms with Gasteiger partial charge in [-0.1, -0.05) is 95.9 Å². The van der Waals surface area contributed by atoms with Crippen LogP contribution < -0.4 is 0 Å². The Hall–Kier alpha value is -1.62. The molecule has 1 N–H and O–H groups in total. The maximum atomic E-state index is 12.0. The van der Waals surface area contributed by atoms with Gasteiger partial charge in [0.15, 0.2) is 6.10 Å². The van der Waals surface area contributed by atoms with E-state index < -0.39 is 6.10 Å². The fraction of sp³-hybridized carbons (Fsp3) is 0.800. The van der Waals surface area contributed by atoms with E-state index in [0.29, 0.717) is 12.8 Å². The molecule has 0 aromatic heterocycles. The van der Waals surface area contributed by atoms with Gasteiger partial charge in [0.05, 0.1) is 6.61 Å². The molecule has 0 saturated carbocycles. The highest BCUT2D eigenvalue weighted by Gasteiger charge is 2.16. The Morgan fingerprint density at radius 2 is 1.11 bits per heavy atom. The Morgan fingerprint density at radius 1 is 0.629 bits per heavy atom. The number of carbonyl (C=O) groups excluding carboxylic acids is 2. The van der Waals surface area contributed by atoms with Gasteiger partial charge in [0.25, 0.3) is 0 Å². The molecule has 0 aromatic rings. The molecular weight excluding hydrogens is 440 g/mol. The van der Waals surface area contributed by atoms with Crippen molar-refractivity contribution in [2.45, 2.75) is 142 Å². The molecule has 35 heavy (non-hydrogen) atoms. The van der Waals surface area contributed by atoms with E-state index in [0.717, 1.165) is 57.8 Å². The van der Waals surface area contributed by atoms with Crippen molar-refractivity contribution in [1.82, 2.24) is 0 Å². The van der Waals surface area contributed by atoms with E-state index in [9.17, 15) is 14.7 Å². The number of esters is 2. The fourth-order valence-corrected chi connectivity index (χ4v) is 3.71. The van der Waals surface area contributed by atoms with Crippen LogP contribution in [0.1, 0.15) is 136 Å². The summed E-state index contributed by atoms with van der Waals surface area (Å²) in [5.41, 5.74) is 0. The van der Waals surface area contributed by atoms with E-state index in [1.807, 2.05) is 0 Å². The summed E-state index contributed by atoms with van der Waals surface area (Å²) in [6.07, 6.45) is 28.0. The minimum Gasteiger partial charge on any atom is -0.462 e. The van der Waals surface area contributed by atoms with E-state index in [1.54, 1.807) is 0 Å². The summed E-state index contributed by atoms with van der Waals surface area (Å²) >= 11 is 0. The number of allylic oxidation sites excluding steroid dienone is 4. The minimum absolute atomic E-state index is 0.0725. The monoisotopic (exact) mass is 494 g/mol. The third-order valence-electron chi connectivity index (χ3n) is 5.95. The van der Waals surface area contributed by atoms with Crippen molar-refractivity contribution >= 4 is 11.9 Å². The van der Waals surface area contributed by atoms with Gasteiger partial charge in [-0.2, -0.15) is 0 Å². The molecule has 0 saturated heterocycles.